The number of rotatable bonds is 6. The zero-order valence-corrected chi connectivity index (χ0v) is 11.6. The molecule has 1 aromatic rings. The largest absolute Gasteiger partial charge is 0.497 e. The minimum absolute atomic E-state index is 0.175. The highest BCUT2D eigenvalue weighted by atomic mass is 16.7. The molecule has 5 nitrogen and oxygen atoms in total. The Morgan fingerprint density at radius 1 is 1.32 bits per heavy atom. The fraction of sp³-hybridized carbons (Fsp3) is 0.500. The highest BCUT2D eigenvalue weighted by Crippen LogP contribution is 2.28. The number of benzene rings is 1. The van der Waals surface area contributed by atoms with E-state index in [0.717, 1.165) is 30.3 Å². The fourth-order valence-electron chi connectivity index (χ4n) is 2.00. The van der Waals surface area contributed by atoms with Crippen molar-refractivity contribution >= 4 is 5.84 Å². The third-order valence-electron chi connectivity index (χ3n) is 3.07. The van der Waals surface area contributed by atoms with Crippen LogP contribution in [0.25, 0.3) is 0 Å². The fourth-order valence-corrected chi connectivity index (χ4v) is 2.00. The van der Waals surface area contributed by atoms with Crippen molar-refractivity contribution < 1.29 is 14.3 Å². The summed E-state index contributed by atoms with van der Waals surface area (Å²) in [5.74, 6) is 1.71. The topological polar surface area (TPSA) is 43.3 Å². The van der Waals surface area contributed by atoms with Crippen LogP contribution in [0.15, 0.2) is 29.4 Å². The second-order valence-corrected chi connectivity index (χ2v) is 4.26. The molecule has 0 bridgehead atoms. The van der Waals surface area contributed by atoms with Crippen molar-refractivity contribution in [2.75, 3.05) is 26.9 Å². The first-order valence-electron chi connectivity index (χ1n) is 6.45. The van der Waals surface area contributed by atoms with Gasteiger partial charge in [0.05, 0.1) is 13.7 Å². The van der Waals surface area contributed by atoms with Gasteiger partial charge in [0.25, 0.3) is 0 Å². The van der Waals surface area contributed by atoms with Gasteiger partial charge < -0.3 is 19.2 Å². The number of amidine groups is 1. The van der Waals surface area contributed by atoms with Crippen LogP contribution in [0.5, 0.6) is 5.75 Å². The molecular formula is C14H20N2O3. The Morgan fingerprint density at radius 3 is 2.68 bits per heavy atom. The van der Waals surface area contributed by atoms with Gasteiger partial charge in [0.2, 0.25) is 6.23 Å². The van der Waals surface area contributed by atoms with E-state index in [-0.39, 0.29) is 6.23 Å². The minimum atomic E-state index is -0.175. The van der Waals surface area contributed by atoms with Crippen LogP contribution in [0, 0.1) is 0 Å². The van der Waals surface area contributed by atoms with Gasteiger partial charge in [-0.2, -0.15) is 0 Å². The van der Waals surface area contributed by atoms with Crippen molar-refractivity contribution in [3.63, 3.8) is 0 Å². The molecule has 0 aromatic heterocycles. The maximum absolute atomic E-state index is 5.49. The summed E-state index contributed by atoms with van der Waals surface area (Å²) in [5.41, 5.74) is 1.05. The second kappa shape index (κ2) is 6.43. The van der Waals surface area contributed by atoms with Gasteiger partial charge in [0.15, 0.2) is 0 Å². The van der Waals surface area contributed by atoms with Crippen molar-refractivity contribution in [3.05, 3.63) is 29.8 Å². The van der Waals surface area contributed by atoms with Crippen molar-refractivity contribution in [2.24, 2.45) is 5.16 Å². The van der Waals surface area contributed by atoms with Gasteiger partial charge in [-0.15, -0.1) is 0 Å². The number of ether oxygens (including phenoxy) is 2. The van der Waals surface area contributed by atoms with E-state index in [0.29, 0.717) is 6.61 Å². The van der Waals surface area contributed by atoms with E-state index in [1.165, 1.54) is 0 Å². The molecule has 19 heavy (non-hydrogen) atoms. The van der Waals surface area contributed by atoms with Crippen LogP contribution in [0.1, 0.15) is 25.6 Å². The highest BCUT2D eigenvalue weighted by Gasteiger charge is 2.28. The molecule has 1 aromatic carbocycles. The van der Waals surface area contributed by atoms with Gasteiger partial charge in [0, 0.05) is 18.7 Å². The monoisotopic (exact) mass is 264 g/mol. The Labute approximate surface area is 113 Å². The SMILES string of the molecule is CCOCCN1C(C)=NOC1c1ccc(OC)cc1. The molecular weight excluding hydrogens is 244 g/mol. The average Bonchev–Trinajstić information content (AvgIpc) is 2.81. The summed E-state index contributed by atoms with van der Waals surface area (Å²) in [6, 6.07) is 7.83. The third kappa shape index (κ3) is 3.17. The lowest BCUT2D eigenvalue weighted by Gasteiger charge is -2.24. The van der Waals surface area contributed by atoms with Gasteiger partial charge in [0.1, 0.15) is 11.6 Å². The maximum atomic E-state index is 5.49. The summed E-state index contributed by atoms with van der Waals surface area (Å²) in [6.45, 7) is 6.08. The standard InChI is InChI=1S/C14H20N2O3/c1-4-18-10-9-16-11(2)15-19-14(16)12-5-7-13(17-3)8-6-12/h5-8,14H,4,9-10H2,1-3H3. The molecule has 0 amide bonds. The van der Waals surface area contributed by atoms with E-state index >= 15 is 0 Å². The molecule has 5 heteroatoms. The maximum Gasteiger partial charge on any atom is 0.227 e. The summed E-state index contributed by atoms with van der Waals surface area (Å²) < 4.78 is 10.5. The molecule has 104 valence electrons. The molecule has 1 heterocycles. The van der Waals surface area contributed by atoms with Gasteiger partial charge in [-0.3, -0.25) is 0 Å². The molecule has 0 spiro atoms. The number of hydrogen-bond acceptors (Lipinski definition) is 5. The van der Waals surface area contributed by atoms with Crippen LogP contribution >= 0.6 is 0 Å². The Balaban J connectivity index is 2.05. The van der Waals surface area contributed by atoms with Crippen LogP contribution in [0.4, 0.5) is 0 Å². The molecule has 0 saturated carbocycles. The number of hydrogen-bond donors (Lipinski definition) is 0. The van der Waals surface area contributed by atoms with Crippen molar-refractivity contribution in [1.29, 1.82) is 0 Å². The number of methoxy groups -OCH3 is 1. The lowest BCUT2D eigenvalue weighted by molar-refractivity contribution is -0.00176. The number of nitrogens with zero attached hydrogens (tertiary/aromatic N) is 2. The summed E-state index contributed by atoms with van der Waals surface area (Å²) in [7, 11) is 1.66. The molecule has 0 saturated heterocycles. The van der Waals surface area contributed by atoms with E-state index in [4.69, 9.17) is 14.3 Å². The molecule has 0 aliphatic carbocycles. The smallest absolute Gasteiger partial charge is 0.227 e. The van der Waals surface area contributed by atoms with Crippen LogP contribution in [-0.4, -0.2) is 37.6 Å². The van der Waals surface area contributed by atoms with Crippen LogP contribution in [0.2, 0.25) is 0 Å². The molecule has 1 aliphatic heterocycles. The first kappa shape index (κ1) is 13.7. The van der Waals surface area contributed by atoms with Crippen LogP contribution < -0.4 is 4.74 Å². The molecule has 2 rings (SSSR count). The zero-order chi connectivity index (χ0) is 13.7. The van der Waals surface area contributed by atoms with E-state index in [2.05, 4.69) is 10.1 Å². The Bertz CT molecular complexity index is 431. The van der Waals surface area contributed by atoms with Gasteiger partial charge >= 0.3 is 0 Å². The van der Waals surface area contributed by atoms with E-state index in [1.807, 2.05) is 38.1 Å². The van der Waals surface area contributed by atoms with Crippen LogP contribution in [-0.2, 0) is 9.57 Å². The third-order valence-corrected chi connectivity index (χ3v) is 3.07. The summed E-state index contributed by atoms with van der Waals surface area (Å²) in [5, 5.41) is 4.05. The van der Waals surface area contributed by atoms with Crippen molar-refractivity contribution in [1.82, 2.24) is 4.90 Å². The Kier molecular flexibility index (Phi) is 4.63. The molecule has 1 unspecified atom stereocenters. The van der Waals surface area contributed by atoms with Crippen molar-refractivity contribution in [3.8, 4) is 5.75 Å². The second-order valence-electron chi connectivity index (χ2n) is 4.26. The lowest BCUT2D eigenvalue weighted by atomic mass is 10.1. The normalized spacial score (nSPS) is 18.2. The molecule has 0 fully saturated rings. The summed E-state index contributed by atoms with van der Waals surface area (Å²) >= 11 is 0. The predicted octanol–water partition coefficient (Wildman–Crippen LogP) is 2.40. The predicted molar refractivity (Wildman–Crippen MR) is 73.1 cm³/mol. The molecule has 0 N–H and O–H groups in total. The quantitative estimate of drug-likeness (QED) is 0.740. The number of oxime groups is 1. The van der Waals surface area contributed by atoms with Gasteiger partial charge in [-0.05, 0) is 38.1 Å². The molecule has 1 atom stereocenters. The van der Waals surface area contributed by atoms with Crippen molar-refractivity contribution in [2.45, 2.75) is 20.1 Å². The van der Waals surface area contributed by atoms with E-state index in [1.54, 1.807) is 7.11 Å². The summed E-state index contributed by atoms with van der Waals surface area (Å²) in [6.07, 6.45) is -0.175. The molecule has 1 aliphatic rings. The Hall–Kier alpha value is -1.75. The van der Waals surface area contributed by atoms with E-state index < -0.39 is 0 Å². The lowest BCUT2D eigenvalue weighted by Crippen LogP contribution is -2.32. The van der Waals surface area contributed by atoms with Gasteiger partial charge in [-0.1, -0.05) is 5.16 Å². The van der Waals surface area contributed by atoms with Gasteiger partial charge in [-0.25, -0.2) is 0 Å². The molecule has 0 radical (unpaired) electrons. The average molecular weight is 264 g/mol. The first-order valence-corrected chi connectivity index (χ1v) is 6.45. The first-order chi connectivity index (χ1) is 9.26. The Morgan fingerprint density at radius 2 is 2.05 bits per heavy atom. The summed E-state index contributed by atoms with van der Waals surface area (Å²) in [4.78, 5) is 7.58. The van der Waals surface area contributed by atoms with E-state index in [9.17, 15) is 0 Å². The highest BCUT2D eigenvalue weighted by molar-refractivity contribution is 5.80. The van der Waals surface area contributed by atoms with Crippen LogP contribution in [0.3, 0.4) is 0 Å². The minimum Gasteiger partial charge on any atom is -0.497 e. The zero-order valence-electron chi connectivity index (χ0n) is 11.6.